The molecule has 1 saturated carbocycles. The van der Waals surface area contributed by atoms with Crippen molar-refractivity contribution in [3.8, 4) is 16.9 Å². The van der Waals surface area contributed by atoms with E-state index >= 15 is 0 Å². The van der Waals surface area contributed by atoms with Crippen molar-refractivity contribution >= 4 is 39.9 Å². The first kappa shape index (κ1) is 23.0. The van der Waals surface area contributed by atoms with E-state index in [-0.39, 0.29) is 11.9 Å². The summed E-state index contributed by atoms with van der Waals surface area (Å²) in [5.74, 6) is 2.44. The van der Waals surface area contributed by atoms with Gasteiger partial charge in [-0.3, -0.25) is 9.89 Å². The lowest BCUT2D eigenvalue weighted by Crippen LogP contribution is -2.35. The number of ether oxygens (including phenoxy) is 1. The van der Waals surface area contributed by atoms with Gasteiger partial charge in [0.25, 0.3) is 5.91 Å². The van der Waals surface area contributed by atoms with Gasteiger partial charge in [0.2, 0.25) is 0 Å². The molecule has 38 heavy (non-hydrogen) atoms. The number of amides is 1. The number of carbonyl (C=O) groups is 1. The van der Waals surface area contributed by atoms with Crippen molar-refractivity contribution in [3.05, 3.63) is 71.1 Å². The van der Waals surface area contributed by atoms with E-state index in [0.29, 0.717) is 29.0 Å². The average molecular weight is 528 g/mol. The highest BCUT2D eigenvalue weighted by Crippen LogP contribution is 2.47. The first-order chi connectivity index (χ1) is 18.5. The number of fused-ring (bicyclic) bond motifs is 4. The maximum Gasteiger partial charge on any atom is 0.253 e. The van der Waals surface area contributed by atoms with Crippen molar-refractivity contribution in [1.82, 2.24) is 30.1 Å². The first-order valence-electron chi connectivity index (χ1n) is 12.8. The molecule has 1 aromatic carbocycles. The Hall–Kier alpha value is -4.11. The maximum absolute atomic E-state index is 12.9. The minimum Gasteiger partial charge on any atom is -0.492 e. The highest BCUT2D eigenvalue weighted by atomic mass is 35.5. The Morgan fingerprint density at radius 2 is 2.05 bits per heavy atom. The highest BCUT2D eigenvalue weighted by molar-refractivity contribution is 6.34. The molecule has 10 heteroatoms. The number of piperidine rings is 1. The van der Waals surface area contributed by atoms with E-state index in [0.717, 1.165) is 57.9 Å². The molecule has 192 valence electrons. The number of hydrogen-bond acceptors (Lipinski definition) is 6. The van der Waals surface area contributed by atoms with Crippen molar-refractivity contribution < 1.29 is 9.53 Å². The molecule has 5 heterocycles. The predicted molar refractivity (Wildman–Crippen MR) is 146 cm³/mol. The molecule has 1 aliphatic heterocycles. The zero-order valence-corrected chi connectivity index (χ0v) is 21.7. The van der Waals surface area contributed by atoms with Gasteiger partial charge in [-0.2, -0.15) is 5.10 Å². The summed E-state index contributed by atoms with van der Waals surface area (Å²) in [6, 6.07) is 11.9. The normalized spacial score (nSPS) is 20.2. The number of hydrogen-bond donors (Lipinski definition) is 2. The molecule has 2 unspecified atom stereocenters. The minimum atomic E-state index is -0.0891. The number of H-pyrrole nitrogens is 1. The first-order valence-corrected chi connectivity index (χ1v) is 13.1. The van der Waals surface area contributed by atoms with Crippen LogP contribution in [-0.2, 0) is 0 Å². The fourth-order valence-corrected chi connectivity index (χ4v) is 6.12. The molecule has 1 aliphatic carbocycles. The van der Waals surface area contributed by atoms with Crippen LogP contribution >= 0.6 is 11.6 Å². The molecule has 0 spiro atoms. The zero-order chi connectivity index (χ0) is 26.0. The molecular formula is C28H26ClN7O2. The summed E-state index contributed by atoms with van der Waals surface area (Å²) in [5, 5.41) is 16.3. The number of nitrogens with zero attached hydrogens (tertiary/aromatic N) is 5. The van der Waals surface area contributed by atoms with Gasteiger partial charge in [0.15, 0.2) is 5.65 Å². The summed E-state index contributed by atoms with van der Waals surface area (Å²) in [6.07, 6.45) is 5.58. The summed E-state index contributed by atoms with van der Waals surface area (Å²) in [7, 11) is 0. The number of aromatic nitrogens is 5. The van der Waals surface area contributed by atoms with Gasteiger partial charge in [-0.25, -0.2) is 9.50 Å². The third-order valence-electron chi connectivity index (χ3n) is 7.74. The number of anilines is 1. The number of benzene rings is 1. The lowest BCUT2D eigenvalue weighted by Gasteiger charge is -2.21. The molecule has 3 atom stereocenters. The van der Waals surface area contributed by atoms with E-state index < -0.39 is 0 Å². The Bertz CT molecular complexity index is 1660. The second-order valence-corrected chi connectivity index (χ2v) is 10.4. The van der Waals surface area contributed by atoms with Crippen molar-refractivity contribution in [2.45, 2.75) is 19.9 Å². The van der Waals surface area contributed by atoms with Gasteiger partial charge in [-0.1, -0.05) is 23.7 Å². The molecule has 0 bridgehead atoms. The van der Waals surface area contributed by atoms with Gasteiger partial charge in [0, 0.05) is 48.3 Å². The summed E-state index contributed by atoms with van der Waals surface area (Å²) >= 11 is 6.29. The van der Waals surface area contributed by atoms with E-state index in [2.05, 4.69) is 37.6 Å². The third-order valence-corrected chi connectivity index (χ3v) is 8.05. The highest BCUT2D eigenvalue weighted by Gasteiger charge is 2.56. The van der Waals surface area contributed by atoms with Crippen LogP contribution in [0.3, 0.4) is 0 Å². The van der Waals surface area contributed by atoms with Crippen LogP contribution in [0.15, 0.2) is 55.0 Å². The van der Waals surface area contributed by atoms with Gasteiger partial charge in [0.1, 0.15) is 11.6 Å². The molecule has 4 aromatic heterocycles. The number of carbonyl (C=O) groups excluding carboxylic acids is 1. The van der Waals surface area contributed by atoms with Gasteiger partial charge in [0.05, 0.1) is 40.5 Å². The molecule has 7 rings (SSSR count). The van der Waals surface area contributed by atoms with E-state index in [9.17, 15) is 4.79 Å². The fraction of sp³-hybridized carbons (Fsp3) is 0.286. The molecule has 2 N–H and O–H groups in total. The van der Waals surface area contributed by atoms with Crippen LogP contribution in [0.25, 0.3) is 27.7 Å². The molecule has 0 radical (unpaired) electrons. The van der Waals surface area contributed by atoms with Crippen molar-refractivity contribution in [2.75, 3.05) is 24.6 Å². The number of pyridine rings is 2. The smallest absolute Gasteiger partial charge is 0.253 e. The van der Waals surface area contributed by atoms with Crippen molar-refractivity contribution in [2.24, 2.45) is 11.8 Å². The number of aryl methyl sites for hydroxylation is 1. The third kappa shape index (κ3) is 3.68. The van der Waals surface area contributed by atoms with Gasteiger partial charge >= 0.3 is 0 Å². The van der Waals surface area contributed by atoms with Crippen molar-refractivity contribution in [1.29, 1.82) is 0 Å². The lowest BCUT2D eigenvalue weighted by atomic mass is 10.1. The Balaban J connectivity index is 1.08. The van der Waals surface area contributed by atoms with Gasteiger partial charge in [-0.15, -0.1) is 5.10 Å². The number of nitrogens with one attached hydrogen (secondary N) is 2. The standard InChI is InChI=1S/C28H26ClN7O2/c1-3-38-17-9-18(26-19-11-31-33-27(19)34-36(26)12-17)16-7-8-23(30-10-16)35-13-20-21(14-35)25(20)32-28(37)24-15(2)5-4-6-22(24)29/h4-12,20-21,25H,3,13-14H2,1-2H3,(H,32,37)(H,33,34)/t20-,21?,25?/m0/s1. The largest absolute Gasteiger partial charge is 0.492 e. The quantitative estimate of drug-likeness (QED) is 0.337. The summed E-state index contributed by atoms with van der Waals surface area (Å²) in [6.45, 7) is 6.18. The maximum atomic E-state index is 12.9. The monoisotopic (exact) mass is 527 g/mol. The molecule has 2 aliphatic rings. The Labute approximate surface area is 223 Å². The average Bonchev–Trinajstić information content (AvgIpc) is 3.31. The molecule has 1 saturated heterocycles. The number of rotatable bonds is 6. The molecule has 2 fully saturated rings. The summed E-state index contributed by atoms with van der Waals surface area (Å²) in [5.41, 5.74) is 5.12. The number of aromatic amines is 1. The van der Waals surface area contributed by atoms with Crippen LogP contribution in [0.5, 0.6) is 5.75 Å². The molecule has 9 nitrogen and oxygen atoms in total. The summed E-state index contributed by atoms with van der Waals surface area (Å²) in [4.78, 5) is 20.0. The Kier molecular flexibility index (Phi) is 5.29. The van der Waals surface area contributed by atoms with Crippen LogP contribution in [0.2, 0.25) is 5.02 Å². The topological polar surface area (TPSA) is 100 Å². The Morgan fingerprint density at radius 1 is 1.21 bits per heavy atom. The SMILES string of the molecule is CCOc1cc(-c2ccc(N3CC4C(NC(=O)c5c(C)cccc5Cl)[C@H]4C3)nc2)c2c3cn[nH]c3nn2c1. The van der Waals surface area contributed by atoms with Crippen LogP contribution in [0.4, 0.5) is 5.82 Å². The number of halogens is 1. The van der Waals surface area contributed by atoms with Crippen molar-refractivity contribution in [3.63, 3.8) is 0 Å². The van der Waals surface area contributed by atoms with Crippen LogP contribution in [-0.4, -0.2) is 56.4 Å². The lowest BCUT2D eigenvalue weighted by molar-refractivity contribution is 0.0946. The van der Waals surface area contributed by atoms with E-state index in [1.807, 2.05) is 49.0 Å². The zero-order valence-electron chi connectivity index (χ0n) is 21.0. The van der Waals surface area contributed by atoms with Crippen LogP contribution in [0, 0.1) is 18.8 Å². The van der Waals surface area contributed by atoms with Gasteiger partial charge in [-0.05, 0) is 43.7 Å². The summed E-state index contributed by atoms with van der Waals surface area (Å²) < 4.78 is 7.63. The molecular weight excluding hydrogens is 502 g/mol. The fourth-order valence-electron chi connectivity index (χ4n) is 5.81. The predicted octanol–water partition coefficient (Wildman–Crippen LogP) is 4.50. The minimum absolute atomic E-state index is 0.0891. The van der Waals surface area contributed by atoms with Crippen LogP contribution < -0.4 is 15.0 Å². The van der Waals surface area contributed by atoms with E-state index in [4.69, 9.17) is 21.3 Å². The molecule has 5 aromatic rings. The van der Waals surface area contributed by atoms with E-state index in [1.54, 1.807) is 12.3 Å². The second kappa shape index (κ2) is 8.73. The van der Waals surface area contributed by atoms with E-state index in [1.165, 1.54) is 0 Å². The van der Waals surface area contributed by atoms with Gasteiger partial charge < -0.3 is 15.0 Å². The van der Waals surface area contributed by atoms with Crippen LogP contribution in [0.1, 0.15) is 22.8 Å². The Morgan fingerprint density at radius 3 is 2.79 bits per heavy atom. The second-order valence-electron chi connectivity index (χ2n) is 10.0. The molecule has 1 amide bonds.